The van der Waals surface area contributed by atoms with Gasteiger partial charge in [-0.25, -0.2) is 13.1 Å². The lowest BCUT2D eigenvalue weighted by atomic mass is 10.2. The Morgan fingerprint density at radius 1 is 1.35 bits per heavy atom. The first-order valence-corrected chi connectivity index (χ1v) is 6.52. The molecule has 0 saturated heterocycles. The minimum atomic E-state index is -3.62. The van der Waals surface area contributed by atoms with Crippen LogP contribution in [0.5, 0.6) is 0 Å². The molecule has 17 heavy (non-hydrogen) atoms. The van der Waals surface area contributed by atoms with Crippen LogP contribution in [-0.2, 0) is 10.0 Å². The number of unbranched alkanes of at least 4 members (excludes halogenated alkanes) is 1. The Morgan fingerprint density at radius 3 is 2.71 bits per heavy atom. The zero-order chi connectivity index (χ0) is 12.7. The fourth-order valence-corrected chi connectivity index (χ4v) is 2.50. The van der Waals surface area contributed by atoms with Crippen LogP contribution >= 0.6 is 0 Å². The van der Waals surface area contributed by atoms with Gasteiger partial charge < -0.3 is 0 Å². The van der Waals surface area contributed by atoms with Crippen molar-refractivity contribution in [3.8, 4) is 18.4 Å². The molecule has 0 radical (unpaired) electrons. The summed E-state index contributed by atoms with van der Waals surface area (Å²) >= 11 is 0. The number of sulfonamides is 1. The van der Waals surface area contributed by atoms with Crippen molar-refractivity contribution in [3.05, 3.63) is 29.8 Å². The lowest BCUT2D eigenvalue weighted by molar-refractivity contribution is 0.579. The molecule has 0 unspecified atom stereocenters. The second-order valence-corrected chi connectivity index (χ2v) is 5.05. The van der Waals surface area contributed by atoms with E-state index in [4.69, 9.17) is 11.7 Å². The van der Waals surface area contributed by atoms with E-state index in [2.05, 4.69) is 10.6 Å². The first kappa shape index (κ1) is 13.2. The number of hydrogen-bond donors (Lipinski definition) is 1. The third-order valence-corrected chi connectivity index (χ3v) is 3.61. The van der Waals surface area contributed by atoms with E-state index >= 15 is 0 Å². The summed E-state index contributed by atoms with van der Waals surface area (Å²) in [5.41, 5.74) is 0.136. The van der Waals surface area contributed by atoms with E-state index in [-0.39, 0.29) is 17.0 Å². The number of rotatable bonds is 5. The molecule has 88 valence electrons. The second kappa shape index (κ2) is 6.05. The molecule has 0 bridgehead atoms. The Morgan fingerprint density at radius 2 is 2.06 bits per heavy atom. The van der Waals surface area contributed by atoms with Crippen molar-refractivity contribution in [2.75, 3.05) is 6.54 Å². The average molecular weight is 248 g/mol. The van der Waals surface area contributed by atoms with Gasteiger partial charge in [0.15, 0.2) is 0 Å². The van der Waals surface area contributed by atoms with Crippen LogP contribution in [-0.4, -0.2) is 15.0 Å². The van der Waals surface area contributed by atoms with Crippen LogP contribution in [0.3, 0.4) is 0 Å². The first-order valence-electron chi connectivity index (χ1n) is 5.04. The normalized spacial score (nSPS) is 10.5. The SMILES string of the molecule is C#CCCCNS(=O)(=O)c1ccccc1C#N. The van der Waals surface area contributed by atoms with Crippen molar-refractivity contribution < 1.29 is 8.42 Å². The molecular weight excluding hydrogens is 236 g/mol. The van der Waals surface area contributed by atoms with Gasteiger partial charge >= 0.3 is 0 Å². The molecule has 0 saturated carbocycles. The van der Waals surface area contributed by atoms with Gasteiger partial charge in [-0.05, 0) is 18.6 Å². The van der Waals surface area contributed by atoms with Crippen LogP contribution in [0.25, 0.3) is 0 Å². The maximum Gasteiger partial charge on any atom is 0.241 e. The average Bonchev–Trinajstić information content (AvgIpc) is 2.34. The second-order valence-electron chi connectivity index (χ2n) is 3.31. The van der Waals surface area contributed by atoms with Crippen molar-refractivity contribution in [2.45, 2.75) is 17.7 Å². The number of terminal acetylenes is 1. The van der Waals surface area contributed by atoms with Gasteiger partial charge in [-0.3, -0.25) is 0 Å². The fraction of sp³-hybridized carbons (Fsp3) is 0.250. The smallest absolute Gasteiger partial charge is 0.211 e. The molecule has 1 rings (SSSR count). The van der Waals surface area contributed by atoms with E-state index in [9.17, 15) is 8.42 Å². The predicted molar refractivity (Wildman–Crippen MR) is 64.4 cm³/mol. The highest BCUT2D eigenvalue weighted by Gasteiger charge is 2.16. The molecule has 5 heteroatoms. The first-order chi connectivity index (χ1) is 8.11. The molecule has 0 aliphatic heterocycles. The Bertz CT molecular complexity index is 565. The van der Waals surface area contributed by atoms with Crippen LogP contribution in [0.1, 0.15) is 18.4 Å². The van der Waals surface area contributed by atoms with E-state index in [1.807, 2.05) is 6.07 Å². The largest absolute Gasteiger partial charge is 0.241 e. The minimum absolute atomic E-state index is 0.00297. The number of nitrogens with one attached hydrogen (secondary N) is 1. The van der Waals surface area contributed by atoms with E-state index < -0.39 is 10.0 Å². The molecule has 0 amide bonds. The summed E-state index contributed by atoms with van der Waals surface area (Å²) in [5, 5.41) is 8.82. The van der Waals surface area contributed by atoms with Crippen LogP contribution in [0.2, 0.25) is 0 Å². The third-order valence-electron chi connectivity index (χ3n) is 2.09. The highest BCUT2D eigenvalue weighted by Crippen LogP contribution is 2.13. The summed E-state index contributed by atoms with van der Waals surface area (Å²) in [4.78, 5) is 0.00297. The topological polar surface area (TPSA) is 70.0 Å². The summed E-state index contributed by atoms with van der Waals surface area (Å²) in [7, 11) is -3.62. The molecule has 0 aliphatic carbocycles. The van der Waals surface area contributed by atoms with E-state index in [1.54, 1.807) is 12.1 Å². The molecule has 4 nitrogen and oxygen atoms in total. The van der Waals surface area contributed by atoms with Gasteiger partial charge in [-0.15, -0.1) is 12.3 Å². The Kier molecular flexibility index (Phi) is 4.71. The summed E-state index contributed by atoms with van der Waals surface area (Å²) in [6.07, 6.45) is 6.15. The van der Waals surface area contributed by atoms with Crippen molar-refractivity contribution in [2.24, 2.45) is 0 Å². The number of nitrogens with zero attached hydrogens (tertiary/aromatic N) is 1. The zero-order valence-corrected chi connectivity index (χ0v) is 10.00. The van der Waals surface area contributed by atoms with E-state index in [0.29, 0.717) is 12.8 Å². The Labute approximate surface area is 101 Å². The molecule has 0 fully saturated rings. The molecule has 1 aromatic rings. The maximum atomic E-state index is 11.9. The van der Waals surface area contributed by atoms with Gasteiger partial charge in [0.25, 0.3) is 0 Å². The van der Waals surface area contributed by atoms with Gasteiger partial charge in [0.05, 0.1) is 10.5 Å². The highest BCUT2D eigenvalue weighted by atomic mass is 32.2. The van der Waals surface area contributed by atoms with Crippen LogP contribution < -0.4 is 4.72 Å². The summed E-state index contributed by atoms with van der Waals surface area (Å²) in [6, 6.07) is 7.93. The highest BCUT2D eigenvalue weighted by molar-refractivity contribution is 7.89. The summed E-state index contributed by atoms with van der Waals surface area (Å²) in [5.74, 6) is 2.43. The molecule has 0 atom stereocenters. The molecule has 0 aromatic heterocycles. The van der Waals surface area contributed by atoms with E-state index in [0.717, 1.165) is 0 Å². The number of nitriles is 1. The number of hydrogen-bond acceptors (Lipinski definition) is 3. The van der Waals surface area contributed by atoms with Crippen LogP contribution in [0.4, 0.5) is 0 Å². The quantitative estimate of drug-likeness (QED) is 0.629. The third kappa shape index (κ3) is 3.60. The molecule has 1 N–H and O–H groups in total. The van der Waals surface area contributed by atoms with Crippen LogP contribution in [0, 0.1) is 23.7 Å². The Balaban J connectivity index is 2.84. The van der Waals surface area contributed by atoms with Gasteiger partial charge in [0, 0.05) is 13.0 Å². The molecule has 0 heterocycles. The summed E-state index contributed by atoms with van der Waals surface area (Å²) in [6.45, 7) is 0.270. The van der Waals surface area contributed by atoms with E-state index in [1.165, 1.54) is 12.1 Å². The molecule has 0 spiro atoms. The van der Waals surface area contributed by atoms with Gasteiger partial charge in [-0.1, -0.05) is 12.1 Å². The van der Waals surface area contributed by atoms with Gasteiger partial charge in [0.1, 0.15) is 6.07 Å². The van der Waals surface area contributed by atoms with Crippen molar-refractivity contribution in [1.29, 1.82) is 5.26 Å². The minimum Gasteiger partial charge on any atom is -0.211 e. The van der Waals surface area contributed by atoms with Crippen molar-refractivity contribution >= 4 is 10.0 Å². The van der Waals surface area contributed by atoms with Crippen molar-refractivity contribution in [1.82, 2.24) is 4.72 Å². The molecular formula is C12H12N2O2S. The zero-order valence-electron chi connectivity index (χ0n) is 9.18. The standard InChI is InChI=1S/C12H12N2O2S/c1-2-3-6-9-14-17(15,16)12-8-5-4-7-11(12)10-13/h1,4-5,7-8,14H,3,6,9H2. The summed E-state index contributed by atoms with van der Waals surface area (Å²) < 4.78 is 26.1. The van der Waals surface area contributed by atoms with Gasteiger partial charge in [-0.2, -0.15) is 5.26 Å². The van der Waals surface area contributed by atoms with Crippen molar-refractivity contribution in [3.63, 3.8) is 0 Å². The maximum absolute atomic E-state index is 11.9. The fourth-order valence-electron chi connectivity index (χ4n) is 1.27. The number of benzene rings is 1. The Hall–Kier alpha value is -1.82. The van der Waals surface area contributed by atoms with Crippen LogP contribution in [0.15, 0.2) is 29.2 Å². The predicted octanol–water partition coefficient (Wildman–Crippen LogP) is 1.25. The molecule has 0 aliphatic rings. The monoisotopic (exact) mass is 248 g/mol. The van der Waals surface area contributed by atoms with Gasteiger partial charge in [0.2, 0.25) is 10.0 Å². The lowest BCUT2D eigenvalue weighted by Gasteiger charge is -2.06. The molecule has 1 aromatic carbocycles. The lowest BCUT2D eigenvalue weighted by Crippen LogP contribution is -2.25.